The maximum absolute atomic E-state index is 11.2. The van der Waals surface area contributed by atoms with Gasteiger partial charge < -0.3 is 5.32 Å². The lowest BCUT2D eigenvalue weighted by atomic mass is 10.1. The topological polar surface area (TPSA) is 29.1 Å². The Morgan fingerprint density at radius 3 is 3.00 bits per heavy atom. The van der Waals surface area contributed by atoms with Crippen LogP contribution in [0.4, 0.5) is 0 Å². The fraction of sp³-hybridized carbons (Fsp3) is 1.00. The average molecular weight is 235 g/mol. The van der Waals surface area contributed by atoms with Crippen molar-refractivity contribution in [1.82, 2.24) is 5.32 Å². The van der Waals surface area contributed by atoms with Crippen LogP contribution in [0.2, 0.25) is 0 Å². The second-order valence-electron chi connectivity index (χ2n) is 3.71. The van der Waals surface area contributed by atoms with Gasteiger partial charge in [0, 0.05) is 40.1 Å². The molecule has 14 heavy (non-hydrogen) atoms. The van der Waals surface area contributed by atoms with Crippen molar-refractivity contribution < 1.29 is 4.21 Å². The summed E-state index contributed by atoms with van der Waals surface area (Å²) >= 11 is 2.05. The highest BCUT2D eigenvalue weighted by Crippen LogP contribution is 2.24. The Hall–Kier alpha value is 0.460. The quantitative estimate of drug-likeness (QED) is 0.785. The summed E-state index contributed by atoms with van der Waals surface area (Å²) in [6, 6.07) is 0.641. The summed E-state index contributed by atoms with van der Waals surface area (Å²) in [6.07, 6.45) is 2.61. The molecule has 4 heteroatoms. The van der Waals surface area contributed by atoms with Gasteiger partial charge in [-0.15, -0.1) is 0 Å². The molecule has 1 saturated heterocycles. The lowest BCUT2D eigenvalue weighted by molar-refractivity contribution is 0.476. The Morgan fingerprint density at radius 1 is 1.57 bits per heavy atom. The zero-order chi connectivity index (χ0) is 10.4. The SMILES string of the molecule is CCS(=O)CCNC1CCCSC1C. The van der Waals surface area contributed by atoms with E-state index in [-0.39, 0.29) is 0 Å². The molecule has 2 nitrogen and oxygen atoms in total. The molecule has 0 saturated carbocycles. The Labute approximate surface area is 94.1 Å². The fourth-order valence-corrected chi connectivity index (χ4v) is 3.50. The zero-order valence-electron chi connectivity index (χ0n) is 9.12. The third kappa shape index (κ3) is 4.32. The van der Waals surface area contributed by atoms with Crippen LogP contribution in [0.25, 0.3) is 0 Å². The van der Waals surface area contributed by atoms with Gasteiger partial charge in [0.15, 0.2) is 0 Å². The van der Waals surface area contributed by atoms with Crippen molar-refractivity contribution in [2.75, 3.05) is 23.8 Å². The third-order valence-electron chi connectivity index (χ3n) is 2.67. The molecule has 0 aliphatic carbocycles. The van der Waals surface area contributed by atoms with Gasteiger partial charge in [-0.1, -0.05) is 13.8 Å². The molecule has 1 aliphatic rings. The molecule has 0 bridgehead atoms. The van der Waals surface area contributed by atoms with E-state index in [1.165, 1.54) is 18.6 Å². The minimum Gasteiger partial charge on any atom is -0.312 e. The van der Waals surface area contributed by atoms with Gasteiger partial charge in [0.1, 0.15) is 0 Å². The van der Waals surface area contributed by atoms with Crippen molar-refractivity contribution in [3.63, 3.8) is 0 Å². The Balaban J connectivity index is 2.13. The van der Waals surface area contributed by atoms with Crippen molar-refractivity contribution >= 4 is 22.6 Å². The number of hydrogen-bond acceptors (Lipinski definition) is 3. The van der Waals surface area contributed by atoms with E-state index in [1.807, 2.05) is 6.92 Å². The molecule has 3 unspecified atom stereocenters. The summed E-state index contributed by atoms with van der Waals surface area (Å²) in [6.45, 7) is 5.18. The Bertz CT molecular complexity index is 187. The highest BCUT2D eigenvalue weighted by Gasteiger charge is 2.20. The van der Waals surface area contributed by atoms with E-state index >= 15 is 0 Å². The van der Waals surface area contributed by atoms with Crippen molar-refractivity contribution in [3.8, 4) is 0 Å². The predicted octanol–water partition coefficient (Wildman–Crippen LogP) is 1.63. The normalized spacial score (nSPS) is 30.1. The predicted molar refractivity (Wildman–Crippen MR) is 66.5 cm³/mol. The molecule has 1 aliphatic heterocycles. The largest absolute Gasteiger partial charge is 0.312 e. The van der Waals surface area contributed by atoms with E-state index in [9.17, 15) is 4.21 Å². The molecule has 1 heterocycles. The zero-order valence-corrected chi connectivity index (χ0v) is 10.8. The van der Waals surface area contributed by atoms with Crippen LogP contribution in [0.15, 0.2) is 0 Å². The summed E-state index contributed by atoms with van der Waals surface area (Å²) in [5, 5.41) is 4.24. The van der Waals surface area contributed by atoms with Gasteiger partial charge in [0.2, 0.25) is 0 Å². The van der Waals surface area contributed by atoms with Gasteiger partial charge in [0.05, 0.1) is 0 Å². The summed E-state index contributed by atoms with van der Waals surface area (Å²) in [5.74, 6) is 2.90. The van der Waals surface area contributed by atoms with Crippen LogP contribution in [0, 0.1) is 0 Å². The van der Waals surface area contributed by atoms with Gasteiger partial charge in [-0.05, 0) is 18.6 Å². The first-order valence-corrected chi connectivity index (χ1v) is 7.97. The molecule has 0 radical (unpaired) electrons. The van der Waals surface area contributed by atoms with Gasteiger partial charge in [-0.2, -0.15) is 11.8 Å². The minimum atomic E-state index is -0.612. The molecule has 0 aromatic rings. The molecule has 0 amide bonds. The van der Waals surface area contributed by atoms with Crippen LogP contribution in [0.3, 0.4) is 0 Å². The van der Waals surface area contributed by atoms with Gasteiger partial charge in [-0.25, -0.2) is 0 Å². The molecular weight excluding hydrogens is 214 g/mol. The number of nitrogens with one attached hydrogen (secondary N) is 1. The van der Waals surface area contributed by atoms with E-state index in [1.54, 1.807) is 0 Å². The van der Waals surface area contributed by atoms with Crippen molar-refractivity contribution in [2.24, 2.45) is 0 Å². The van der Waals surface area contributed by atoms with E-state index in [0.717, 1.165) is 23.3 Å². The fourth-order valence-electron chi connectivity index (χ4n) is 1.69. The summed E-state index contributed by atoms with van der Waals surface area (Å²) < 4.78 is 11.2. The van der Waals surface area contributed by atoms with Crippen molar-refractivity contribution in [2.45, 2.75) is 38.0 Å². The van der Waals surface area contributed by atoms with Gasteiger partial charge >= 0.3 is 0 Å². The van der Waals surface area contributed by atoms with E-state index in [4.69, 9.17) is 0 Å². The Kier molecular flexibility index (Phi) is 6.13. The standard InChI is InChI=1S/C10H21NOS2/c1-3-14(12)8-6-11-10-5-4-7-13-9(10)2/h9-11H,3-8H2,1-2H3. The van der Waals surface area contributed by atoms with Gasteiger partial charge in [-0.3, -0.25) is 4.21 Å². The summed E-state index contributed by atoms with van der Waals surface area (Å²) in [7, 11) is -0.612. The second-order valence-corrected chi connectivity index (χ2v) is 7.06. The van der Waals surface area contributed by atoms with Crippen LogP contribution in [-0.4, -0.2) is 39.3 Å². The van der Waals surface area contributed by atoms with E-state index in [0.29, 0.717) is 6.04 Å². The first-order chi connectivity index (χ1) is 6.74. The maximum Gasteiger partial charge on any atom is 0.0360 e. The van der Waals surface area contributed by atoms with E-state index < -0.39 is 10.8 Å². The highest BCUT2D eigenvalue weighted by molar-refractivity contribution is 7.99. The van der Waals surface area contributed by atoms with Crippen LogP contribution in [0.1, 0.15) is 26.7 Å². The minimum absolute atomic E-state index is 0.612. The number of thioether (sulfide) groups is 1. The number of hydrogen-bond donors (Lipinski definition) is 1. The van der Waals surface area contributed by atoms with Crippen LogP contribution < -0.4 is 5.32 Å². The Morgan fingerprint density at radius 2 is 2.36 bits per heavy atom. The number of rotatable bonds is 5. The second kappa shape index (κ2) is 6.85. The molecule has 0 spiro atoms. The van der Waals surface area contributed by atoms with Crippen LogP contribution in [-0.2, 0) is 10.8 Å². The summed E-state index contributed by atoms with van der Waals surface area (Å²) in [5.41, 5.74) is 0. The van der Waals surface area contributed by atoms with E-state index in [2.05, 4.69) is 24.0 Å². The van der Waals surface area contributed by atoms with Crippen LogP contribution in [0.5, 0.6) is 0 Å². The first-order valence-electron chi connectivity index (χ1n) is 5.44. The molecule has 3 atom stereocenters. The highest BCUT2D eigenvalue weighted by atomic mass is 32.2. The third-order valence-corrected chi connectivity index (χ3v) is 5.35. The first kappa shape index (κ1) is 12.5. The maximum atomic E-state index is 11.2. The molecule has 1 fully saturated rings. The van der Waals surface area contributed by atoms with Crippen molar-refractivity contribution in [1.29, 1.82) is 0 Å². The smallest absolute Gasteiger partial charge is 0.0360 e. The summed E-state index contributed by atoms with van der Waals surface area (Å²) in [4.78, 5) is 0. The van der Waals surface area contributed by atoms with Gasteiger partial charge in [0.25, 0.3) is 0 Å². The monoisotopic (exact) mass is 235 g/mol. The molecule has 0 aromatic carbocycles. The van der Waals surface area contributed by atoms with Crippen molar-refractivity contribution in [3.05, 3.63) is 0 Å². The lowest BCUT2D eigenvalue weighted by Gasteiger charge is -2.29. The molecule has 1 N–H and O–H groups in total. The van der Waals surface area contributed by atoms with Crippen LogP contribution >= 0.6 is 11.8 Å². The average Bonchev–Trinajstić information content (AvgIpc) is 2.20. The lowest BCUT2D eigenvalue weighted by Crippen LogP contribution is -2.41. The molecule has 84 valence electrons. The molecular formula is C10H21NOS2. The molecule has 0 aromatic heterocycles. The molecule has 1 rings (SSSR count).